The molecule has 2 atom stereocenters. The van der Waals surface area contributed by atoms with E-state index in [1.807, 2.05) is 43.6 Å². The highest BCUT2D eigenvalue weighted by Gasteiger charge is 2.48. The van der Waals surface area contributed by atoms with E-state index >= 15 is 0 Å². The Morgan fingerprint density at radius 3 is 3.00 bits per heavy atom. The third-order valence-corrected chi connectivity index (χ3v) is 6.78. The fourth-order valence-corrected chi connectivity index (χ4v) is 5.36. The minimum atomic E-state index is -0.484. The Kier molecular flexibility index (Phi) is 4.86. The number of benzene rings is 2. The Bertz CT molecular complexity index is 1210. The van der Waals surface area contributed by atoms with E-state index in [4.69, 9.17) is 16.3 Å². The van der Waals surface area contributed by atoms with Crippen LogP contribution in [0.5, 0.6) is 0 Å². The molecule has 1 aliphatic heterocycles. The van der Waals surface area contributed by atoms with Crippen LogP contribution in [0.25, 0.3) is 11.0 Å². The number of fused-ring (bicyclic) bond motifs is 1. The van der Waals surface area contributed by atoms with Crippen molar-refractivity contribution >= 4 is 34.4 Å². The molecule has 1 saturated carbocycles. The molecule has 1 spiro atoms. The Morgan fingerprint density at radius 1 is 1.32 bits per heavy atom. The molecule has 158 valence electrons. The minimum absolute atomic E-state index is 0.321. The molecule has 2 unspecified atom stereocenters. The average Bonchev–Trinajstić information content (AvgIpc) is 3.28. The van der Waals surface area contributed by atoms with Crippen molar-refractivity contribution in [2.75, 3.05) is 11.4 Å². The third-order valence-electron chi connectivity index (χ3n) is 6.47. The van der Waals surface area contributed by atoms with Gasteiger partial charge in [-0.15, -0.1) is 0 Å². The van der Waals surface area contributed by atoms with Crippen molar-refractivity contribution in [1.29, 1.82) is 5.26 Å². The van der Waals surface area contributed by atoms with Gasteiger partial charge in [0.15, 0.2) is 0 Å². The van der Waals surface area contributed by atoms with Crippen molar-refractivity contribution in [1.82, 2.24) is 9.55 Å². The van der Waals surface area contributed by atoms with E-state index in [1.54, 1.807) is 11.0 Å². The van der Waals surface area contributed by atoms with Gasteiger partial charge in [-0.25, -0.2) is 9.78 Å². The van der Waals surface area contributed by atoms with Crippen LogP contribution in [-0.4, -0.2) is 27.8 Å². The summed E-state index contributed by atoms with van der Waals surface area (Å²) in [6.07, 6.45) is 5.25. The van der Waals surface area contributed by atoms with E-state index in [0.717, 1.165) is 48.8 Å². The minimum Gasteiger partial charge on any atom is -0.441 e. The number of anilines is 1. The molecular formula is C24H23ClN4O2. The highest BCUT2D eigenvalue weighted by atomic mass is 35.5. The van der Waals surface area contributed by atoms with E-state index in [-0.39, 0.29) is 6.09 Å². The van der Waals surface area contributed by atoms with Crippen molar-refractivity contribution < 1.29 is 9.53 Å². The molecule has 31 heavy (non-hydrogen) atoms. The van der Waals surface area contributed by atoms with Gasteiger partial charge in [-0.05, 0) is 74.4 Å². The molecule has 1 saturated heterocycles. The van der Waals surface area contributed by atoms with Crippen molar-refractivity contribution in [3.63, 3.8) is 0 Å². The van der Waals surface area contributed by atoms with E-state index in [9.17, 15) is 10.1 Å². The molecule has 7 heteroatoms. The standard InChI is InChI=1S/C24H23ClN4O2/c1-16-4-7-21(19(25)9-16)29-14-24(31-23(29)30)8-2-3-18(11-24)13-28-15-27-20-6-5-17(12-26)10-22(20)28/h4-7,9-10,15,18H,2-3,8,11,13-14H2,1H3. The topological polar surface area (TPSA) is 71.2 Å². The summed E-state index contributed by atoms with van der Waals surface area (Å²) in [7, 11) is 0. The number of hydrogen-bond acceptors (Lipinski definition) is 4. The molecule has 2 aliphatic rings. The van der Waals surface area contributed by atoms with Gasteiger partial charge in [0.05, 0.1) is 46.2 Å². The van der Waals surface area contributed by atoms with E-state index in [0.29, 0.717) is 28.7 Å². The lowest BCUT2D eigenvalue weighted by Gasteiger charge is -2.36. The van der Waals surface area contributed by atoms with Crippen LogP contribution in [0.1, 0.15) is 36.8 Å². The smallest absolute Gasteiger partial charge is 0.415 e. The lowest BCUT2D eigenvalue weighted by atomic mass is 9.78. The Labute approximate surface area is 186 Å². The summed E-state index contributed by atoms with van der Waals surface area (Å²) in [6.45, 7) is 3.29. The first-order valence-electron chi connectivity index (χ1n) is 10.6. The highest BCUT2D eigenvalue weighted by Crippen LogP contribution is 2.43. The summed E-state index contributed by atoms with van der Waals surface area (Å²) >= 11 is 6.42. The first-order chi connectivity index (χ1) is 15.0. The van der Waals surface area contributed by atoms with E-state index in [1.165, 1.54) is 0 Å². The second-order valence-electron chi connectivity index (χ2n) is 8.77. The number of halogens is 1. The van der Waals surface area contributed by atoms with Gasteiger partial charge in [0.2, 0.25) is 0 Å². The number of rotatable bonds is 3. The molecule has 1 aliphatic carbocycles. The maximum atomic E-state index is 12.8. The van der Waals surface area contributed by atoms with Crippen LogP contribution in [0.4, 0.5) is 10.5 Å². The second-order valence-corrected chi connectivity index (χ2v) is 9.17. The van der Waals surface area contributed by atoms with Gasteiger partial charge in [-0.3, -0.25) is 4.90 Å². The normalized spacial score (nSPS) is 23.3. The molecule has 0 bridgehead atoms. The van der Waals surface area contributed by atoms with Crippen LogP contribution in [0.3, 0.4) is 0 Å². The molecular weight excluding hydrogens is 412 g/mol. The number of imidazole rings is 1. The molecule has 0 N–H and O–H groups in total. The van der Waals surface area contributed by atoms with Crippen molar-refractivity contribution in [3.05, 3.63) is 58.9 Å². The van der Waals surface area contributed by atoms with E-state index < -0.39 is 5.60 Å². The number of carbonyl (C=O) groups excluding carboxylic acids is 1. The fourth-order valence-electron chi connectivity index (χ4n) is 5.02. The number of ether oxygens (including phenoxy) is 1. The second kappa shape index (κ2) is 7.58. The number of nitriles is 1. The van der Waals surface area contributed by atoms with Gasteiger partial charge in [-0.2, -0.15) is 5.26 Å². The van der Waals surface area contributed by atoms with Crippen molar-refractivity contribution in [2.45, 2.75) is 44.8 Å². The summed E-state index contributed by atoms with van der Waals surface area (Å²) in [6, 6.07) is 13.5. The Hall–Kier alpha value is -3.04. The SMILES string of the molecule is Cc1ccc(N2CC3(CCCC(Cn4cnc5ccc(C#N)cc54)C3)OC2=O)c(Cl)c1. The quantitative estimate of drug-likeness (QED) is 0.549. The third kappa shape index (κ3) is 3.64. The zero-order valence-corrected chi connectivity index (χ0v) is 18.1. The van der Waals surface area contributed by atoms with E-state index in [2.05, 4.69) is 15.6 Å². The highest BCUT2D eigenvalue weighted by molar-refractivity contribution is 6.33. The van der Waals surface area contributed by atoms with Crippen LogP contribution in [0.15, 0.2) is 42.7 Å². The zero-order chi connectivity index (χ0) is 21.6. The zero-order valence-electron chi connectivity index (χ0n) is 17.3. The lowest BCUT2D eigenvalue weighted by molar-refractivity contribution is 0.00439. The predicted molar refractivity (Wildman–Crippen MR) is 119 cm³/mol. The molecule has 6 nitrogen and oxygen atoms in total. The summed E-state index contributed by atoms with van der Waals surface area (Å²) < 4.78 is 8.09. The molecule has 5 rings (SSSR count). The van der Waals surface area contributed by atoms with Gasteiger partial charge in [0.1, 0.15) is 5.60 Å². The summed E-state index contributed by atoms with van der Waals surface area (Å²) in [5, 5.41) is 9.79. The molecule has 1 amide bonds. The molecule has 3 aromatic rings. The van der Waals surface area contributed by atoms with Gasteiger partial charge in [0.25, 0.3) is 0 Å². The van der Waals surface area contributed by atoms with Crippen molar-refractivity contribution in [3.8, 4) is 6.07 Å². The summed E-state index contributed by atoms with van der Waals surface area (Å²) in [5.74, 6) is 0.359. The Balaban J connectivity index is 1.36. The number of amides is 1. The maximum Gasteiger partial charge on any atom is 0.415 e. The summed E-state index contributed by atoms with van der Waals surface area (Å²) in [5.41, 5.74) is 3.77. The molecule has 1 aromatic heterocycles. The average molecular weight is 435 g/mol. The van der Waals surface area contributed by atoms with Crippen LogP contribution >= 0.6 is 11.6 Å². The number of aryl methyl sites for hydroxylation is 1. The lowest BCUT2D eigenvalue weighted by Crippen LogP contribution is -2.40. The first kappa shape index (κ1) is 19.9. The molecule has 2 fully saturated rings. The number of aromatic nitrogens is 2. The van der Waals surface area contributed by atoms with Gasteiger partial charge < -0.3 is 9.30 Å². The number of carbonyl (C=O) groups is 1. The van der Waals surface area contributed by atoms with Crippen LogP contribution in [0.2, 0.25) is 5.02 Å². The Morgan fingerprint density at radius 2 is 2.19 bits per heavy atom. The van der Waals surface area contributed by atoms with Gasteiger partial charge in [0, 0.05) is 6.54 Å². The van der Waals surface area contributed by atoms with Crippen LogP contribution in [0, 0.1) is 24.2 Å². The molecule has 2 aromatic carbocycles. The number of nitrogens with zero attached hydrogens (tertiary/aromatic N) is 4. The number of hydrogen-bond donors (Lipinski definition) is 0. The van der Waals surface area contributed by atoms with Crippen molar-refractivity contribution in [2.24, 2.45) is 5.92 Å². The van der Waals surface area contributed by atoms with Gasteiger partial charge >= 0.3 is 6.09 Å². The van der Waals surface area contributed by atoms with Gasteiger partial charge in [-0.1, -0.05) is 17.7 Å². The predicted octanol–water partition coefficient (Wildman–Crippen LogP) is 5.46. The largest absolute Gasteiger partial charge is 0.441 e. The van der Waals surface area contributed by atoms with Crippen LogP contribution < -0.4 is 4.90 Å². The van der Waals surface area contributed by atoms with Crippen LogP contribution in [-0.2, 0) is 11.3 Å². The first-order valence-corrected chi connectivity index (χ1v) is 11.0. The maximum absolute atomic E-state index is 12.8. The monoisotopic (exact) mass is 434 g/mol. The molecule has 0 radical (unpaired) electrons. The molecule has 2 heterocycles. The summed E-state index contributed by atoms with van der Waals surface area (Å²) in [4.78, 5) is 18.9. The fraction of sp³-hybridized carbons (Fsp3) is 0.375.